The van der Waals surface area contributed by atoms with E-state index in [0.717, 1.165) is 5.56 Å². The maximum atomic E-state index is 11.2. The lowest BCUT2D eigenvalue weighted by Gasteiger charge is -2.11. The highest BCUT2D eigenvalue weighted by Gasteiger charge is 2.07. The van der Waals surface area contributed by atoms with Crippen LogP contribution in [0, 0.1) is 0 Å². The molecular formula is C15H17NO2. The van der Waals surface area contributed by atoms with E-state index in [0.29, 0.717) is 18.5 Å². The fraction of sp³-hybridized carbons (Fsp3) is 0.267. The molecule has 1 heterocycles. The molecule has 1 atom stereocenters. The number of nitrogens with zero attached hydrogens (tertiary/aromatic N) is 1. The Labute approximate surface area is 107 Å². The Morgan fingerprint density at radius 2 is 2.00 bits per heavy atom. The third-order valence-electron chi connectivity index (χ3n) is 3.00. The first-order valence-corrected chi connectivity index (χ1v) is 6.06. The lowest BCUT2D eigenvalue weighted by Crippen LogP contribution is -2.03. The molecular weight excluding hydrogens is 226 g/mol. The molecule has 1 aromatic carbocycles. The SMILES string of the molecule is CC(=O)c1ccn(CC[C@@H](O)c2ccccc2)c1. The van der Waals surface area contributed by atoms with Gasteiger partial charge in [-0.25, -0.2) is 0 Å². The van der Waals surface area contributed by atoms with Crippen LogP contribution in [0.3, 0.4) is 0 Å². The average molecular weight is 243 g/mol. The van der Waals surface area contributed by atoms with Crippen molar-refractivity contribution in [1.82, 2.24) is 4.57 Å². The summed E-state index contributed by atoms with van der Waals surface area (Å²) in [6.45, 7) is 2.25. The van der Waals surface area contributed by atoms with E-state index in [1.807, 2.05) is 47.3 Å². The number of carbonyl (C=O) groups is 1. The molecule has 0 aliphatic heterocycles. The van der Waals surface area contributed by atoms with Crippen LogP contribution in [0.15, 0.2) is 48.8 Å². The van der Waals surface area contributed by atoms with E-state index in [1.165, 1.54) is 0 Å². The van der Waals surface area contributed by atoms with Crippen molar-refractivity contribution < 1.29 is 9.90 Å². The van der Waals surface area contributed by atoms with E-state index >= 15 is 0 Å². The van der Waals surface area contributed by atoms with Gasteiger partial charge in [0.05, 0.1) is 6.10 Å². The zero-order valence-electron chi connectivity index (χ0n) is 10.4. The van der Waals surface area contributed by atoms with Crippen molar-refractivity contribution in [2.75, 3.05) is 0 Å². The number of aryl methyl sites for hydroxylation is 1. The van der Waals surface area contributed by atoms with Gasteiger partial charge in [0.25, 0.3) is 0 Å². The van der Waals surface area contributed by atoms with Gasteiger partial charge in [0.2, 0.25) is 0 Å². The normalized spacial score (nSPS) is 12.3. The lowest BCUT2D eigenvalue weighted by molar-refractivity contribution is 0.101. The van der Waals surface area contributed by atoms with E-state index in [9.17, 15) is 9.90 Å². The molecule has 3 nitrogen and oxygen atoms in total. The van der Waals surface area contributed by atoms with Crippen LogP contribution in [0.1, 0.15) is 35.4 Å². The summed E-state index contributed by atoms with van der Waals surface area (Å²) >= 11 is 0. The highest BCUT2D eigenvalue weighted by Crippen LogP contribution is 2.17. The maximum Gasteiger partial charge on any atom is 0.161 e. The number of hydrogen-bond acceptors (Lipinski definition) is 2. The molecule has 2 aromatic rings. The smallest absolute Gasteiger partial charge is 0.161 e. The first-order valence-electron chi connectivity index (χ1n) is 6.06. The molecule has 3 heteroatoms. The van der Waals surface area contributed by atoms with Crippen molar-refractivity contribution in [1.29, 1.82) is 0 Å². The number of carbonyl (C=O) groups excluding carboxylic acids is 1. The Bertz CT molecular complexity index is 516. The van der Waals surface area contributed by atoms with Crippen LogP contribution >= 0.6 is 0 Å². The summed E-state index contributed by atoms with van der Waals surface area (Å²) in [7, 11) is 0. The second-order valence-corrected chi connectivity index (χ2v) is 4.41. The fourth-order valence-corrected chi connectivity index (χ4v) is 1.90. The molecule has 1 N–H and O–H groups in total. The van der Waals surface area contributed by atoms with Crippen LogP contribution in [-0.4, -0.2) is 15.5 Å². The fourth-order valence-electron chi connectivity index (χ4n) is 1.90. The van der Waals surface area contributed by atoms with E-state index < -0.39 is 6.10 Å². The number of aromatic nitrogens is 1. The molecule has 0 radical (unpaired) electrons. The van der Waals surface area contributed by atoms with Crippen LogP contribution in [0.4, 0.5) is 0 Å². The maximum absolute atomic E-state index is 11.2. The van der Waals surface area contributed by atoms with Gasteiger partial charge in [0.15, 0.2) is 5.78 Å². The van der Waals surface area contributed by atoms with Gasteiger partial charge in [-0.3, -0.25) is 4.79 Å². The van der Waals surface area contributed by atoms with Gasteiger partial charge in [-0.2, -0.15) is 0 Å². The molecule has 0 fully saturated rings. The predicted molar refractivity (Wildman–Crippen MR) is 70.5 cm³/mol. The quantitative estimate of drug-likeness (QED) is 0.820. The number of hydrogen-bond donors (Lipinski definition) is 1. The number of aliphatic hydroxyl groups is 1. The molecule has 0 saturated heterocycles. The minimum atomic E-state index is -0.464. The highest BCUT2D eigenvalue weighted by molar-refractivity contribution is 5.93. The molecule has 0 aliphatic rings. The number of aliphatic hydroxyl groups excluding tert-OH is 1. The zero-order chi connectivity index (χ0) is 13.0. The van der Waals surface area contributed by atoms with Gasteiger partial charge in [0, 0.05) is 24.5 Å². The molecule has 2 rings (SSSR count). The van der Waals surface area contributed by atoms with Gasteiger partial charge in [-0.05, 0) is 25.0 Å². The second kappa shape index (κ2) is 5.65. The van der Waals surface area contributed by atoms with E-state index in [2.05, 4.69) is 0 Å². The first kappa shape index (κ1) is 12.6. The third kappa shape index (κ3) is 3.08. The number of benzene rings is 1. The summed E-state index contributed by atoms with van der Waals surface area (Å²) < 4.78 is 1.93. The van der Waals surface area contributed by atoms with Gasteiger partial charge in [0.1, 0.15) is 0 Å². The topological polar surface area (TPSA) is 42.2 Å². The van der Waals surface area contributed by atoms with Crippen molar-refractivity contribution in [3.8, 4) is 0 Å². The minimum Gasteiger partial charge on any atom is -0.388 e. The Morgan fingerprint density at radius 3 is 2.61 bits per heavy atom. The van der Waals surface area contributed by atoms with Gasteiger partial charge in [-0.1, -0.05) is 30.3 Å². The molecule has 18 heavy (non-hydrogen) atoms. The van der Waals surface area contributed by atoms with Crippen molar-refractivity contribution in [3.63, 3.8) is 0 Å². The monoisotopic (exact) mass is 243 g/mol. The van der Waals surface area contributed by atoms with E-state index in [-0.39, 0.29) is 5.78 Å². The number of Topliss-reactive ketones (excluding diaryl/α,β-unsaturated/α-hetero) is 1. The minimum absolute atomic E-state index is 0.0670. The summed E-state index contributed by atoms with van der Waals surface area (Å²) in [5.74, 6) is 0.0670. The van der Waals surface area contributed by atoms with Gasteiger partial charge < -0.3 is 9.67 Å². The Balaban J connectivity index is 1.93. The average Bonchev–Trinajstić information content (AvgIpc) is 2.86. The van der Waals surface area contributed by atoms with Crippen molar-refractivity contribution in [2.24, 2.45) is 0 Å². The summed E-state index contributed by atoms with van der Waals surface area (Å²) in [6, 6.07) is 11.4. The van der Waals surface area contributed by atoms with Crippen LogP contribution < -0.4 is 0 Å². The molecule has 0 amide bonds. The zero-order valence-corrected chi connectivity index (χ0v) is 10.4. The highest BCUT2D eigenvalue weighted by atomic mass is 16.3. The first-order chi connectivity index (χ1) is 8.66. The van der Waals surface area contributed by atoms with Crippen molar-refractivity contribution in [2.45, 2.75) is 26.0 Å². The number of ketones is 1. The van der Waals surface area contributed by atoms with Crippen LogP contribution in [0.25, 0.3) is 0 Å². The molecule has 0 aliphatic carbocycles. The molecule has 0 spiro atoms. The van der Waals surface area contributed by atoms with E-state index in [4.69, 9.17) is 0 Å². The van der Waals surface area contributed by atoms with Crippen LogP contribution in [-0.2, 0) is 6.54 Å². The summed E-state index contributed by atoms with van der Waals surface area (Å²) in [5.41, 5.74) is 1.64. The van der Waals surface area contributed by atoms with Gasteiger partial charge in [-0.15, -0.1) is 0 Å². The molecule has 0 saturated carbocycles. The third-order valence-corrected chi connectivity index (χ3v) is 3.00. The van der Waals surface area contributed by atoms with Gasteiger partial charge >= 0.3 is 0 Å². The van der Waals surface area contributed by atoms with Crippen LogP contribution in [0.5, 0.6) is 0 Å². The standard InChI is InChI=1S/C15H17NO2/c1-12(17)14-7-9-16(11-14)10-8-15(18)13-5-3-2-4-6-13/h2-7,9,11,15,18H,8,10H2,1H3/t15-/m1/s1. The molecule has 94 valence electrons. The Morgan fingerprint density at radius 1 is 1.28 bits per heavy atom. The summed E-state index contributed by atoms with van der Waals surface area (Å²) in [6.07, 6.45) is 3.86. The predicted octanol–water partition coefficient (Wildman–Crippen LogP) is 2.81. The number of rotatable bonds is 5. The van der Waals surface area contributed by atoms with E-state index in [1.54, 1.807) is 13.0 Å². The largest absolute Gasteiger partial charge is 0.388 e. The molecule has 1 aromatic heterocycles. The van der Waals surface area contributed by atoms with Crippen LogP contribution in [0.2, 0.25) is 0 Å². The second-order valence-electron chi connectivity index (χ2n) is 4.41. The Kier molecular flexibility index (Phi) is 3.95. The van der Waals surface area contributed by atoms with Crippen molar-refractivity contribution in [3.05, 3.63) is 59.9 Å². The lowest BCUT2D eigenvalue weighted by atomic mass is 10.1. The molecule has 0 bridgehead atoms. The summed E-state index contributed by atoms with van der Waals surface area (Å²) in [5, 5.41) is 10.0. The van der Waals surface area contributed by atoms with Crippen molar-refractivity contribution >= 4 is 5.78 Å². The Hall–Kier alpha value is -1.87. The molecule has 0 unspecified atom stereocenters. The summed E-state index contributed by atoms with van der Waals surface area (Å²) in [4.78, 5) is 11.2.